The van der Waals surface area contributed by atoms with Gasteiger partial charge in [-0.3, -0.25) is 0 Å². The third-order valence-electron chi connectivity index (χ3n) is 1.89. The molecule has 0 radical (unpaired) electrons. The van der Waals surface area contributed by atoms with E-state index in [4.69, 9.17) is 0 Å². The second kappa shape index (κ2) is 3.75. The van der Waals surface area contributed by atoms with Gasteiger partial charge in [0, 0.05) is 11.6 Å². The molecule has 0 aliphatic heterocycles. The molecule has 0 aliphatic carbocycles. The molecule has 0 atom stereocenters. The molecule has 68 valence electrons. The summed E-state index contributed by atoms with van der Waals surface area (Å²) in [4.78, 5) is 7.68. The quantitative estimate of drug-likeness (QED) is 0.795. The molecule has 2 heterocycles. The van der Waals surface area contributed by atoms with Crippen LogP contribution in [0.3, 0.4) is 0 Å². The first kappa shape index (κ1) is 8.51. The number of aryl methyl sites for hydroxylation is 1. The van der Waals surface area contributed by atoms with Gasteiger partial charge in [0.15, 0.2) is 0 Å². The number of hydrogen-bond donors (Lipinski definition) is 1. The van der Waals surface area contributed by atoms with Crippen LogP contribution in [0.5, 0.6) is 0 Å². The number of nitrogens with one attached hydrogen (secondary N) is 1. The zero-order valence-electron chi connectivity index (χ0n) is 7.58. The number of thiazole rings is 1. The molecule has 0 aromatic carbocycles. The van der Waals surface area contributed by atoms with E-state index in [1.165, 1.54) is 5.01 Å². The van der Waals surface area contributed by atoms with Crippen molar-refractivity contribution < 1.29 is 0 Å². The van der Waals surface area contributed by atoms with Gasteiger partial charge in [-0.15, -0.1) is 11.3 Å². The van der Waals surface area contributed by atoms with Crippen LogP contribution in [-0.2, 0) is 6.42 Å². The van der Waals surface area contributed by atoms with Gasteiger partial charge in [-0.25, -0.2) is 4.98 Å². The van der Waals surface area contributed by atoms with Gasteiger partial charge in [0.2, 0.25) is 0 Å². The molecule has 2 nitrogen and oxygen atoms in total. The average Bonchev–Trinajstić information content (AvgIpc) is 2.70. The highest BCUT2D eigenvalue weighted by Gasteiger charge is 2.03. The second-order valence-electron chi connectivity index (χ2n) is 2.96. The molecule has 0 amide bonds. The summed E-state index contributed by atoms with van der Waals surface area (Å²) >= 11 is 1.74. The Labute approximate surface area is 81.7 Å². The standard InChI is InChI=1S/C10H12N2S/c1-2-4-10-12-9(7-13-10)8-5-3-6-11-8/h3,5-7,11H,2,4H2,1H3. The van der Waals surface area contributed by atoms with Crippen molar-refractivity contribution in [1.29, 1.82) is 0 Å². The third kappa shape index (κ3) is 1.80. The van der Waals surface area contributed by atoms with Crippen LogP contribution in [0.1, 0.15) is 18.4 Å². The Bertz CT molecular complexity index is 362. The Balaban J connectivity index is 2.23. The van der Waals surface area contributed by atoms with Crippen molar-refractivity contribution in [3.63, 3.8) is 0 Å². The number of H-pyrrole nitrogens is 1. The minimum atomic E-state index is 1.07. The topological polar surface area (TPSA) is 28.7 Å². The lowest BCUT2D eigenvalue weighted by Crippen LogP contribution is -1.81. The summed E-state index contributed by atoms with van der Waals surface area (Å²) in [5.74, 6) is 0. The molecule has 0 saturated carbocycles. The Morgan fingerprint density at radius 3 is 3.15 bits per heavy atom. The molecule has 2 aromatic heterocycles. The lowest BCUT2D eigenvalue weighted by atomic mass is 10.3. The van der Waals surface area contributed by atoms with E-state index in [-0.39, 0.29) is 0 Å². The fourth-order valence-corrected chi connectivity index (χ4v) is 2.15. The van der Waals surface area contributed by atoms with Gasteiger partial charge in [-0.05, 0) is 25.0 Å². The monoisotopic (exact) mass is 192 g/mol. The smallest absolute Gasteiger partial charge is 0.0976 e. The van der Waals surface area contributed by atoms with Crippen LogP contribution < -0.4 is 0 Å². The van der Waals surface area contributed by atoms with E-state index in [0.717, 1.165) is 24.2 Å². The molecular formula is C10H12N2S. The Kier molecular flexibility index (Phi) is 2.45. The van der Waals surface area contributed by atoms with Gasteiger partial charge in [0.25, 0.3) is 0 Å². The van der Waals surface area contributed by atoms with Crippen LogP contribution >= 0.6 is 11.3 Å². The summed E-state index contributed by atoms with van der Waals surface area (Å²) in [6, 6.07) is 4.04. The van der Waals surface area contributed by atoms with E-state index in [1.807, 2.05) is 18.3 Å². The van der Waals surface area contributed by atoms with Crippen molar-refractivity contribution in [2.75, 3.05) is 0 Å². The van der Waals surface area contributed by atoms with Crippen LogP contribution in [0.25, 0.3) is 11.4 Å². The van der Waals surface area contributed by atoms with Crippen molar-refractivity contribution in [2.24, 2.45) is 0 Å². The van der Waals surface area contributed by atoms with E-state index in [1.54, 1.807) is 11.3 Å². The molecule has 0 fully saturated rings. The number of hydrogen-bond acceptors (Lipinski definition) is 2. The third-order valence-corrected chi connectivity index (χ3v) is 2.80. The molecule has 0 bridgehead atoms. The predicted molar refractivity (Wildman–Crippen MR) is 55.9 cm³/mol. The van der Waals surface area contributed by atoms with Crippen LogP contribution in [0.15, 0.2) is 23.7 Å². The van der Waals surface area contributed by atoms with Crippen molar-refractivity contribution in [2.45, 2.75) is 19.8 Å². The minimum Gasteiger partial charge on any atom is -0.360 e. The minimum absolute atomic E-state index is 1.07. The molecule has 2 aromatic rings. The van der Waals surface area contributed by atoms with Crippen molar-refractivity contribution in [1.82, 2.24) is 9.97 Å². The number of nitrogens with zero attached hydrogens (tertiary/aromatic N) is 1. The molecular weight excluding hydrogens is 180 g/mol. The molecule has 13 heavy (non-hydrogen) atoms. The lowest BCUT2D eigenvalue weighted by Gasteiger charge is -1.89. The SMILES string of the molecule is CCCc1nc(-c2ccc[nH]2)cs1. The zero-order chi connectivity index (χ0) is 9.10. The van der Waals surface area contributed by atoms with Crippen LogP contribution in [0.2, 0.25) is 0 Å². The molecule has 1 N–H and O–H groups in total. The molecule has 3 heteroatoms. The van der Waals surface area contributed by atoms with Gasteiger partial charge in [0.05, 0.1) is 16.4 Å². The Hall–Kier alpha value is -1.09. The summed E-state index contributed by atoms with van der Waals surface area (Å²) in [6.45, 7) is 2.18. The Morgan fingerprint density at radius 1 is 1.54 bits per heavy atom. The Morgan fingerprint density at radius 2 is 2.46 bits per heavy atom. The first-order valence-electron chi connectivity index (χ1n) is 4.48. The van der Waals surface area contributed by atoms with Gasteiger partial charge in [0.1, 0.15) is 0 Å². The van der Waals surface area contributed by atoms with Crippen LogP contribution in [-0.4, -0.2) is 9.97 Å². The fraction of sp³-hybridized carbons (Fsp3) is 0.300. The normalized spacial score (nSPS) is 10.5. The van der Waals surface area contributed by atoms with Crippen molar-refractivity contribution in [3.05, 3.63) is 28.7 Å². The summed E-state index contributed by atoms with van der Waals surface area (Å²) in [5, 5.41) is 3.34. The first-order valence-corrected chi connectivity index (χ1v) is 5.36. The van der Waals surface area contributed by atoms with Gasteiger partial charge >= 0.3 is 0 Å². The van der Waals surface area contributed by atoms with Crippen LogP contribution in [0.4, 0.5) is 0 Å². The molecule has 2 rings (SSSR count). The van der Waals surface area contributed by atoms with E-state index in [2.05, 4.69) is 22.3 Å². The highest BCUT2D eigenvalue weighted by molar-refractivity contribution is 7.09. The fourth-order valence-electron chi connectivity index (χ4n) is 1.25. The maximum Gasteiger partial charge on any atom is 0.0976 e. The maximum absolute atomic E-state index is 4.53. The summed E-state index contributed by atoms with van der Waals surface area (Å²) in [7, 11) is 0. The maximum atomic E-state index is 4.53. The largest absolute Gasteiger partial charge is 0.360 e. The van der Waals surface area contributed by atoms with E-state index >= 15 is 0 Å². The van der Waals surface area contributed by atoms with Crippen LogP contribution in [0, 0.1) is 0 Å². The molecule has 0 spiro atoms. The van der Waals surface area contributed by atoms with Crippen molar-refractivity contribution in [3.8, 4) is 11.4 Å². The molecule has 0 unspecified atom stereocenters. The molecule has 0 saturated heterocycles. The van der Waals surface area contributed by atoms with E-state index < -0.39 is 0 Å². The second-order valence-corrected chi connectivity index (χ2v) is 3.90. The van der Waals surface area contributed by atoms with Gasteiger partial charge in [-0.2, -0.15) is 0 Å². The molecule has 0 aliphatic rings. The highest BCUT2D eigenvalue weighted by Crippen LogP contribution is 2.20. The summed E-state index contributed by atoms with van der Waals surface area (Å²) < 4.78 is 0. The number of aromatic amines is 1. The van der Waals surface area contributed by atoms with E-state index in [9.17, 15) is 0 Å². The number of rotatable bonds is 3. The van der Waals surface area contributed by atoms with Crippen molar-refractivity contribution >= 4 is 11.3 Å². The number of aromatic nitrogens is 2. The van der Waals surface area contributed by atoms with Gasteiger partial charge < -0.3 is 4.98 Å². The van der Waals surface area contributed by atoms with E-state index in [0.29, 0.717) is 0 Å². The summed E-state index contributed by atoms with van der Waals surface area (Å²) in [6.07, 6.45) is 4.18. The predicted octanol–water partition coefficient (Wildman–Crippen LogP) is 3.09. The summed E-state index contributed by atoms with van der Waals surface area (Å²) in [5.41, 5.74) is 2.18. The lowest BCUT2D eigenvalue weighted by molar-refractivity contribution is 0.909. The zero-order valence-corrected chi connectivity index (χ0v) is 8.40. The highest BCUT2D eigenvalue weighted by atomic mass is 32.1. The van der Waals surface area contributed by atoms with Gasteiger partial charge in [-0.1, -0.05) is 6.92 Å². The first-order chi connectivity index (χ1) is 6.40. The average molecular weight is 192 g/mol.